The molecule has 0 aliphatic heterocycles. The molecule has 3 rings (SSSR count). The summed E-state index contributed by atoms with van der Waals surface area (Å²) in [5.41, 5.74) is 0.968. The quantitative estimate of drug-likeness (QED) is 0.626. The maximum atomic E-state index is 13.4. The molecule has 2 N–H and O–H groups in total. The summed E-state index contributed by atoms with van der Waals surface area (Å²) in [6, 6.07) is 8.55. The van der Waals surface area contributed by atoms with Crippen molar-refractivity contribution in [2.24, 2.45) is 0 Å². The minimum atomic E-state index is -0.961. The van der Waals surface area contributed by atoms with Crippen molar-refractivity contribution in [2.75, 3.05) is 32.0 Å². The van der Waals surface area contributed by atoms with Gasteiger partial charge in [-0.2, -0.15) is 4.98 Å². The highest BCUT2D eigenvalue weighted by molar-refractivity contribution is 5.67. The maximum Gasteiger partial charge on any atom is 0.229 e. The van der Waals surface area contributed by atoms with Gasteiger partial charge in [-0.15, -0.1) is 0 Å². The summed E-state index contributed by atoms with van der Waals surface area (Å²) < 4.78 is 42.3. The van der Waals surface area contributed by atoms with Crippen LogP contribution >= 0.6 is 0 Å². The van der Waals surface area contributed by atoms with Gasteiger partial charge in [0.25, 0.3) is 0 Å². The van der Waals surface area contributed by atoms with Gasteiger partial charge in [-0.25, -0.2) is 13.8 Å². The Morgan fingerprint density at radius 3 is 2.11 bits per heavy atom. The summed E-state index contributed by atoms with van der Waals surface area (Å²) in [4.78, 5) is 8.38. The second-order valence-corrected chi connectivity index (χ2v) is 5.56. The molecule has 3 aromatic rings. The average Bonchev–Trinajstić information content (AvgIpc) is 2.70. The third-order valence-electron chi connectivity index (χ3n) is 3.77. The predicted molar refractivity (Wildman–Crippen MR) is 101 cm³/mol. The molecule has 0 saturated heterocycles. The van der Waals surface area contributed by atoms with E-state index in [4.69, 9.17) is 14.2 Å². The standard InChI is InChI=1S/C19H18F2N4O3/c1-26-15-9-12(10-16(27-2)18(15)28-3)23-17-6-7-22-19(25-17)24-11-4-5-13(20)14(21)8-11/h4-10H,1-3H3,(H2,22,23,24,25). The number of aromatic nitrogens is 2. The lowest BCUT2D eigenvalue weighted by atomic mass is 10.2. The molecular weight excluding hydrogens is 370 g/mol. The van der Waals surface area contributed by atoms with Crippen molar-refractivity contribution in [3.63, 3.8) is 0 Å². The van der Waals surface area contributed by atoms with Gasteiger partial charge in [0.1, 0.15) is 5.82 Å². The molecule has 146 valence electrons. The third kappa shape index (κ3) is 4.20. The molecule has 28 heavy (non-hydrogen) atoms. The number of nitrogens with zero attached hydrogens (tertiary/aromatic N) is 2. The molecule has 0 aliphatic carbocycles. The second-order valence-electron chi connectivity index (χ2n) is 5.56. The largest absolute Gasteiger partial charge is 0.493 e. The molecule has 2 aromatic carbocycles. The van der Waals surface area contributed by atoms with E-state index >= 15 is 0 Å². The van der Waals surface area contributed by atoms with Crippen LogP contribution in [0, 0.1) is 11.6 Å². The van der Waals surface area contributed by atoms with Crippen LogP contribution in [0.15, 0.2) is 42.6 Å². The van der Waals surface area contributed by atoms with Gasteiger partial charge in [0.15, 0.2) is 23.1 Å². The van der Waals surface area contributed by atoms with Crippen molar-refractivity contribution >= 4 is 23.1 Å². The van der Waals surface area contributed by atoms with Crippen LogP contribution in [0.25, 0.3) is 0 Å². The van der Waals surface area contributed by atoms with Gasteiger partial charge >= 0.3 is 0 Å². The SMILES string of the molecule is COc1cc(Nc2ccnc(Nc3ccc(F)c(F)c3)n2)cc(OC)c1OC. The van der Waals surface area contributed by atoms with Gasteiger partial charge in [-0.1, -0.05) is 0 Å². The van der Waals surface area contributed by atoms with Gasteiger partial charge < -0.3 is 24.8 Å². The summed E-state index contributed by atoms with van der Waals surface area (Å²) in [6.45, 7) is 0. The van der Waals surface area contributed by atoms with Gasteiger partial charge in [-0.3, -0.25) is 0 Å². The fourth-order valence-electron chi connectivity index (χ4n) is 2.49. The number of anilines is 4. The molecule has 0 saturated carbocycles. The molecule has 0 aliphatic rings. The zero-order valence-corrected chi connectivity index (χ0v) is 15.4. The highest BCUT2D eigenvalue weighted by Crippen LogP contribution is 2.40. The first-order valence-electron chi connectivity index (χ1n) is 8.16. The lowest BCUT2D eigenvalue weighted by molar-refractivity contribution is 0.324. The molecule has 0 fully saturated rings. The zero-order chi connectivity index (χ0) is 20.1. The Morgan fingerprint density at radius 1 is 0.786 bits per heavy atom. The van der Waals surface area contributed by atoms with Crippen LogP contribution in [0.3, 0.4) is 0 Å². The topological polar surface area (TPSA) is 77.5 Å². The van der Waals surface area contributed by atoms with Crippen molar-refractivity contribution in [3.05, 3.63) is 54.2 Å². The Balaban J connectivity index is 1.83. The van der Waals surface area contributed by atoms with E-state index < -0.39 is 11.6 Å². The Hall–Kier alpha value is -3.62. The van der Waals surface area contributed by atoms with Crippen LogP contribution in [-0.2, 0) is 0 Å². The summed E-state index contributed by atoms with van der Waals surface area (Å²) in [6.07, 6.45) is 1.52. The molecular formula is C19H18F2N4O3. The Morgan fingerprint density at radius 2 is 1.50 bits per heavy atom. The van der Waals surface area contributed by atoms with Crippen molar-refractivity contribution in [1.29, 1.82) is 0 Å². The number of methoxy groups -OCH3 is 3. The summed E-state index contributed by atoms with van der Waals surface area (Å²) in [5.74, 6) is 0.231. The molecule has 1 aromatic heterocycles. The number of ether oxygens (including phenoxy) is 3. The number of benzene rings is 2. The van der Waals surface area contributed by atoms with Crippen LogP contribution < -0.4 is 24.8 Å². The first kappa shape index (κ1) is 19.2. The van der Waals surface area contributed by atoms with Crippen molar-refractivity contribution in [2.45, 2.75) is 0 Å². The zero-order valence-electron chi connectivity index (χ0n) is 15.4. The molecule has 0 atom stereocenters. The van der Waals surface area contributed by atoms with Gasteiger partial charge in [-0.05, 0) is 18.2 Å². The third-order valence-corrected chi connectivity index (χ3v) is 3.77. The summed E-state index contributed by atoms with van der Waals surface area (Å²) in [7, 11) is 4.57. The molecule has 0 amide bonds. The monoisotopic (exact) mass is 388 g/mol. The number of hydrogen-bond donors (Lipinski definition) is 2. The first-order chi connectivity index (χ1) is 13.5. The minimum absolute atomic E-state index is 0.212. The molecule has 1 heterocycles. The number of rotatable bonds is 7. The van der Waals surface area contributed by atoms with E-state index in [1.165, 1.54) is 33.6 Å². The van der Waals surface area contributed by atoms with Crippen molar-refractivity contribution in [3.8, 4) is 17.2 Å². The van der Waals surface area contributed by atoms with Crippen molar-refractivity contribution < 1.29 is 23.0 Å². The number of halogens is 2. The number of nitrogens with one attached hydrogen (secondary N) is 2. The fraction of sp³-hybridized carbons (Fsp3) is 0.158. The molecule has 7 nitrogen and oxygen atoms in total. The van der Waals surface area contributed by atoms with Gasteiger partial charge in [0, 0.05) is 35.8 Å². The van der Waals surface area contributed by atoms with E-state index in [1.807, 2.05) is 0 Å². The molecule has 9 heteroatoms. The predicted octanol–water partition coefficient (Wildman–Crippen LogP) is 4.27. The van der Waals surface area contributed by atoms with Crippen LogP contribution in [0.2, 0.25) is 0 Å². The van der Waals surface area contributed by atoms with E-state index in [-0.39, 0.29) is 5.95 Å². The Labute approximate surface area is 160 Å². The van der Waals surface area contributed by atoms with E-state index in [0.29, 0.717) is 34.4 Å². The van der Waals surface area contributed by atoms with E-state index in [0.717, 1.165) is 12.1 Å². The summed E-state index contributed by atoms with van der Waals surface area (Å²) in [5, 5.41) is 5.93. The highest BCUT2D eigenvalue weighted by Gasteiger charge is 2.13. The lowest BCUT2D eigenvalue weighted by Gasteiger charge is -2.15. The second kappa shape index (κ2) is 8.38. The maximum absolute atomic E-state index is 13.4. The lowest BCUT2D eigenvalue weighted by Crippen LogP contribution is -2.02. The van der Waals surface area contributed by atoms with Gasteiger partial charge in [0.05, 0.1) is 21.3 Å². The molecule has 0 radical (unpaired) electrons. The highest BCUT2D eigenvalue weighted by atomic mass is 19.2. The van der Waals surface area contributed by atoms with Crippen LogP contribution in [-0.4, -0.2) is 31.3 Å². The molecule has 0 spiro atoms. The number of hydrogen-bond acceptors (Lipinski definition) is 7. The average molecular weight is 388 g/mol. The summed E-state index contributed by atoms with van der Waals surface area (Å²) >= 11 is 0. The van der Waals surface area contributed by atoms with E-state index in [2.05, 4.69) is 20.6 Å². The minimum Gasteiger partial charge on any atom is -0.493 e. The molecule has 0 bridgehead atoms. The van der Waals surface area contributed by atoms with Crippen LogP contribution in [0.4, 0.5) is 31.9 Å². The Bertz CT molecular complexity index is 960. The Kier molecular flexibility index (Phi) is 5.73. The van der Waals surface area contributed by atoms with Gasteiger partial charge in [0.2, 0.25) is 11.7 Å². The molecule has 0 unspecified atom stereocenters. The fourth-order valence-corrected chi connectivity index (χ4v) is 2.49. The normalized spacial score (nSPS) is 10.3. The van der Waals surface area contributed by atoms with Crippen LogP contribution in [0.5, 0.6) is 17.2 Å². The van der Waals surface area contributed by atoms with Crippen molar-refractivity contribution in [1.82, 2.24) is 9.97 Å². The van der Waals surface area contributed by atoms with Crippen LogP contribution in [0.1, 0.15) is 0 Å². The smallest absolute Gasteiger partial charge is 0.229 e. The first-order valence-corrected chi connectivity index (χ1v) is 8.16. The van der Waals surface area contributed by atoms with E-state index in [9.17, 15) is 8.78 Å². The van der Waals surface area contributed by atoms with E-state index in [1.54, 1.807) is 18.2 Å².